The highest BCUT2D eigenvalue weighted by Gasteiger charge is 2.37. The van der Waals surface area contributed by atoms with Crippen LogP contribution in [-0.4, -0.2) is 51.6 Å². The molecule has 1 aromatic carbocycles. The number of hydrogen-bond donors (Lipinski definition) is 1. The molecule has 0 bridgehead atoms. The number of nitrogens with zero attached hydrogens (tertiary/aromatic N) is 2. The molecule has 1 aromatic rings. The van der Waals surface area contributed by atoms with Gasteiger partial charge in [-0.25, -0.2) is 0 Å². The second-order valence-electron chi connectivity index (χ2n) is 5.92. The fraction of sp³-hybridized carbons (Fsp3) is 0.588. The van der Waals surface area contributed by atoms with E-state index >= 15 is 0 Å². The average molecular weight is 319 g/mol. The predicted octanol–water partition coefficient (Wildman–Crippen LogP) is 2.05. The first-order chi connectivity index (χ1) is 11.2. The molecule has 3 rings (SSSR count). The van der Waals surface area contributed by atoms with Crippen LogP contribution >= 0.6 is 0 Å². The standard InChI is InChI=1S/C17H25N3O3/c1-5-20-7-6-13-12(10-20)16(19-18-13)11-8-14(21-2)17(23-4)15(9-11)22-3/h8-9,12,16,19H,5-7,10H2,1-4H3. The summed E-state index contributed by atoms with van der Waals surface area (Å²) in [5.74, 6) is 2.38. The Bertz CT molecular complexity index is 578. The van der Waals surface area contributed by atoms with Crippen molar-refractivity contribution < 1.29 is 14.2 Å². The Morgan fingerprint density at radius 1 is 1.17 bits per heavy atom. The summed E-state index contributed by atoms with van der Waals surface area (Å²) in [6.45, 7) is 5.41. The molecule has 0 radical (unpaired) electrons. The molecule has 1 fully saturated rings. The molecule has 1 N–H and O–H groups in total. The van der Waals surface area contributed by atoms with E-state index < -0.39 is 0 Å². The minimum atomic E-state index is 0.146. The molecule has 0 aliphatic carbocycles. The van der Waals surface area contributed by atoms with Gasteiger partial charge in [-0.2, -0.15) is 5.10 Å². The molecule has 2 atom stereocenters. The largest absolute Gasteiger partial charge is 0.493 e. The van der Waals surface area contributed by atoms with Gasteiger partial charge in [0.15, 0.2) is 11.5 Å². The second-order valence-corrected chi connectivity index (χ2v) is 5.92. The van der Waals surface area contributed by atoms with E-state index in [2.05, 4.69) is 22.4 Å². The molecule has 0 saturated carbocycles. The smallest absolute Gasteiger partial charge is 0.203 e. The molecular formula is C17H25N3O3. The van der Waals surface area contributed by atoms with Gasteiger partial charge >= 0.3 is 0 Å². The SMILES string of the molecule is CCN1CCC2=NNC(c3cc(OC)c(OC)c(OC)c3)C2C1. The van der Waals surface area contributed by atoms with Crippen LogP contribution in [0.5, 0.6) is 17.2 Å². The number of benzene rings is 1. The van der Waals surface area contributed by atoms with Crippen molar-refractivity contribution in [1.82, 2.24) is 10.3 Å². The Kier molecular flexibility index (Phi) is 4.61. The Morgan fingerprint density at radius 3 is 2.43 bits per heavy atom. The molecule has 2 aliphatic heterocycles. The molecule has 2 heterocycles. The maximum Gasteiger partial charge on any atom is 0.203 e. The number of fused-ring (bicyclic) bond motifs is 1. The molecule has 1 saturated heterocycles. The molecule has 2 aliphatic rings. The highest BCUT2D eigenvalue weighted by atomic mass is 16.5. The summed E-state index contributed by atoms with van der Waals surface area (Å²) in [6.07, 6.45) is 1.03. The van der Waals surface area contributed by atoms with Gasteiger partial charge in [0.05, 0.1) is 27.4 Å². The summed E-state index contributed by atoms with van der Waals surface area (Å²) in [5, 5.41) is 4.56. The van der Waals surface area contributed by atoms with Crippen LogP contribution in [0.25, 0.3) is 0 Å². The zero-order valence-electron chi connectivity index (χ0n) is 14.3. The lowest BCUT2D eigenvalue weighted by Gasteiger charge is -2.33. The molecule has 6 heteroatoms. The summed E-state index contributed by atoms with van der Waals surface area (Å²) in [5.41, 5.74) is 5.69. The Hall–Kier alpha value is -1.95. The quantitative estimate of drug-likeness (QED) is 0.900. The van der Waals surface area contributed by atoms with Crippen molar-refractivity contribution in [2.24, 2.45) is 11.0 Å². The van der Waals surface area contributed by atoms with Crippen LogP contribution in [-0.2, 0) is 0 Å². The highest BCUT2D eigenvalue weighted by Crippen LogP contribution is 2.42. The summed E-state index contributed by atoms with van der Waals surface area (Å²) in [4.78, 5) is 2.47. The zero-order valence-corrected chi connectivity index (χ0v) is 14.3. The van der Waals surface area contributed by atoms with E-state index in [-0.39, 0.29) is 6.04 Å². The van der Waals surface area contributed by atoms with Crippen LogP contribution in [0.3, 0.4) is 0 Å². The molecule has 2 unspecified atom stereocenters. The highest BCUT2D eigenvalue weighted by molar-refractivity contribution is 5.90. The Balaban J connectivity index is 1.92. The second kappa shape index (κ2) is 6.66. The monoisotopic (exact) mass is 319 g/mol. The van der Waals surface area contributed by atoms with Crippen LogP contribution in [0.1, 0.15) is 24.9 Å². The number of rotatable bonds is 5. The fourth-order valence-electron chi connectivity index (χ4n) is 3.49. The van der Waals surface area contributed by atoms with Gasteiger partial charge in [-0.05, 0) is 24.2 Å². The maximum absolute atomic E-state index is 5.48. The van der Waals surface area contributed by atoms with Crippen LogP contribution in [0.15, 0.2) is 17.2 Å². The van der Waals surface area contributed by atoms with Crippen molar-refractivity contribution in [3.05, 3.63) is 17.7 Å². The first-order valence-electron chi connectivity index (χ1n) is 8.06. The summed E-state index contributed by atoms with van der Waals surface area (Å²) in [7, 11) is 4.91. The third-order valence-electron chi connectivity index (χ3n) is 4.81. The number of nitrogens with one attached hydrogen (secondary N) is 1. The first kappa shape index (κ1) is 15.9. The summed E-state index contributed by atoms with van der Waals surface area (Å²) < 4.78 is 16.4. The van der Waals surface area contributed by atoms with E-state index in [9.17, 15) is 0 Å². The van der Waals surface area contributed by atoms with Crippen LogP contribution in [0.2, 0.25) is 0 Å². The number of methoxy groups -OCH3 is 3. The summed E-state index contributed by atoms with van der Waals surface area (Å²) >= 11 is 0. The van der Waals surface area contributed by atoms with Gasteiger partial charge in [0.1, 0.15) is 0 Å². The molecule has 23 heavy (non-hydrogen) atoms. The van der Waals surface area contributed by atoms with Gasteiger partial charge < -0.3 is 24.5 Å². The number of ether oxygens (including phenoxy) is 3. The zero-order chi connectivity index (χ0) is 16.4. The van der Waals surface area contributed by atoms with Crippen LogP contribution in [0, 0.1) is 5.92 Å². The van der Waals surface area contributed by atoms with Crippen molar-refractivity contribution >= 4 is 5.71 Å². The van der Waals surface area contributed by atoms with Gasteiger partial charge in [-0.15, -0.1) is 0 Å². The molecule has 0 aromatic heterocycles. The number of piperidine rings is 1. The predicted molar refractivity (Wildman–Crippen MR) is 89.6 cm³/mol. The van der Waals surface area contributed by atoms with Crippen molar-refractivity contribution in [3.63, 3.8) is 0 Å². The van der Waals surface area contributed by atoms with E-state index in [4.69, 9.17) is 14.2 Å². The lowest BCUT2D eigenvalue weighted by atomic mass is 9.86. The van der Waals surface area contributed by atoms with Gasteiger partial charge in [0.2, 0.25) is 5.75 Å². The van der Waals surface area contributed by atoms with Gasteiger partial charge in [-0.1, -0.05) is 6.92 Å². The normalized spacial score (nSPS) is 23.7. The van der Waals surface area contributed by atoms with E-state index in [0.717, 1.165) is 31.6 Å². The van der Waals surface area contributed by atoms with Crippen LogP contribution in [0.4, 0.5) is 0 Å². The third-order valence-corrected chi connectivity index (χ3v) is 4.81. The maximum atomic E-state index is 5.48. The van der Waals surface area contributed by atoms with Crippen molar-refractivity contribution in [2.75, 3.05) is 41.0 Å². The lowest BCUT2D eigenvalue weighted by Crippen LogP contribution is -2.41. The van der Waals surface area contributed by atoms with Gasteiger partial charge in [-0.3, -0.25) is 0 Å². The van der Waals surface area contributed by atoms with E-state index in [0.29, 0.717) is 23.2 Å². The van der Waals surface area contributed by atoms with E-state index in [1.54, 1.807) is 21.3 Å². The Labute approximate surface area is 137 Å². The van der Waals surface area contributed by atoms with E-state index in [1.165, 1.54) is 5.71 Å². The number of likely N-dealkylation sites (tertiary alicyclic amines) is 1. The minimum Gasteiger partial charge on any atom is -0.493 e. The first-order valence-corrected chi connectivity index (χ1v) is 8.06. The summed E-state index contributed by atoms with van der Waals surface area (Å²) in [6, 6.07) is 4.18. The fourth-order valence-corrected chi connectivity index (χ4v) is 3.49. The molecular weight excluding hydrogens is 294 g/mol. The lowest BCUT2D eigenvalue weighted by molar-refractivity contribution is 0.238. The molecule has 0 amide bonds. The Morgan fingerprint density at radius 2 is 1.87 bits per heavy atom. The molecule has 6 nitrogen and oxygen atoms in total. The van der Waals surface area contributed by atoms with Gasteiger partial charge in [0, 0.05) is 31.1 Å². The van der Waals surface area contributed by atoms with Gasteiger partial charge in [0.25, 0.3) is 0 Å². The van der Waals surface area contributed by atoms with Crippen molar-refractivity contribution in [2.45, 2.75) is 19.4 Å². The van der Waals surface area contributed by atoms with Crippen LogP contribution < -0.4 is 19.6 Å². The number of hydrazone groups is 1. The topological polar surface area (TPSA) is 55.3 Å². The number of hydrogen-bond acceptors (Lipinski definition) is 6. The van der Waals surface area contributed by atoms with E-state index in [1.807, 2.05) is 12.1 Å². The van der Waals surface area contributed by atoms with Crippen molar-refractivity contribution in [3.8, 4) is 17.2 Å². The minimum absolute atomic E-state index is 0.146. The third kappa shape index (κ3) is 2.83. The average Bonchev–Trinajstić information content (AvgIpc) is 3.03. The molecule has 0 spiro atoms. The molecule has 126 valence electrons. The van der Waals surface area contributed by atoms with Crippen molar-refractivity contribution in [1.29, 1.82) is 0 Å².